The normalized spacial score (nSPS) is 11.0. The minimum Gasteiger partial charge on any atom is -0.465 e. The molecule has 0 spiro atoms. The van der Waals surface area contributed by atoms with Gasteiger partial charge in [0.2, 0.25) is 6.20 Å². The van der Waals surface area contributed by atoms with Gasteiger partial charge in [0.05, 0.1) is 23.3 Å². The SMILES string of the molecule is COC(=O)c1cccnc1/C(C)=C/[N+](=O)[O-]. The number of carbonyl (C=O) groups excluding carboxylic acids is 1. The zero-order valence-corrected chi connectivity index (χ0v) is 8.84. The van der Waals surface area contributed by atoms with Crippen molar-refractivity contribution in [1.29, 1.82) is 0 Å². The standard InChI is InChI=1S/C10H10N2O4/c1-7(6-12(14)15)9-8(10(13)16-2)4-3-5-11-9/h3-6H,1-2H3/b7-6+. The molecule has 0 saturated carbocycles. The Morgan fingerprint density at radius 2 is 2.31 bits per heavy atom. The van der Waals surface area contributed by atoms with Crippen molar-refractivity contribution in [3.8, 4) is 0 Å². The molecule has 0 saturated heterocycles. The molecule has 16 heavy (non-hydrogen) atoms. The van der Waals surface area contributed by atoms with Crippen LogP contribution in [0.3, 0.4) is 0 Å². The van der Waals surface area contributed by atoms with E-state index in [1.807, 2.05) is 0 Å². The van der Waals surface area contributed by atoms with E-state index < -0.39 is 10.9 Å². The van der Waals surface area contributed by atoms with Crippen molar-refractivity contribution in [2.45, 2.75) is 6.92 Å². The number of carbonyl (C=O) groups is 1. The number of allylic oxidation sites excluding steroid dienone is 1. The molecule has 6 nitrogen and oxygen atoms in total. The largest absolute Gasteiger partial charge is 0.465 e. The van der Waals surface area contributed by atoms with Crippen LogP contribution in [0, 0.1) is 10.1 Å². The van der Waals surface area contributed by atoms with Gasteiger partial charge < -0.3 is 4.74 Å². The van der Waals surface area contributed by atoms with Gasteiger partial charge in [0.1, 0.15) is 0 Å². The predicted octanol–water partition coefficient (Wildman–Crippen LogP) is 1.51. The van der Waals surface area contributed by atoms with Gasteiger partial charge in [-0.3, -0.25) is 15.1 Å². The van der Waals surface area contributed by atoms with E-state index in [-0.39, 0.29) is 11.3 Å². The van der Waals surface area contributed by atoms with Gasteiger partial charge in [-0.05, 0) is 19.1 Å². The second-order valence-electron chi connectivity index (χ2n) is 2.99. The number of esters is 1. The topological polar surface area (TPSA) is 82.3 Å². The van der Waals surface area contributed by atoms with Crippen LogP contribution in [0.25, 0.3) is 5.57 Å². The van der Waals surface area contributed by atoms with Crippen molar-refractivity contribution >= 4 is 11.5 Å². The third-order valence-corrected chi connectivity index (χ3v) is 1.89. The Hall–Kier alpha value is -2.24. The van der Waals surface area contributed by atoms with Crippen LogP contribution in [-0.4, -0.2) is 23.0 Å². The highest BCUT2D eigenvalue weighted by Crippen LogP contribution is 2.16. The lowest BCUT2D eigenvalue weighted by Gasteiger charge is -2.04. The first-order valence-electron chi connectivity index (χ1n) is 4.42. The molecular formula is C10H10N2O4. The van der Waals surface area contributed by atoms with Crippen LogP contribution >= 0.6 is 0 Å². The Morgan fingerprint density at radius 1 is 1.62 bits per heavy atom. The fourth-order valence-corrected chi connectivity index (χ4v) is 1.21. The summed E-state index contributed by atoms with van der Waals surface area (Å²) in [5.41, 5.74) is 0.762. The van der Waals surface area contributed by atoms with E-state index in [4.69, 9.17) is 0 Å². The fraction of sp³-hybridized carbons (Fsp3) is 0.200. The number of pyridine rings is 1. The molecule has 0 unspecified atom stereocenters. The maximum atomic E-state index is 11.4. The average molecular weight is 222 g/mol. The molecule has 0 aliphatic carbocycles. The first kappa shape index (κ1) is 11.8. The van der Waals surface area contributed by atoms with E-state index in [0.717, 1.165) is 6.20 Å². The van der Waals surface area contributed by atoms with Crippen LogP contribution in [0.15, 0.2) is 24.5 Å². The second kappa shape index (κ2) is 5.01. The van der Waals surface area contributed by atoms with Crippen LogP contribution in [0.1, 0.15) is 23.0 Å². The van der Waals surface area contributed by atoms with E-state index in [1.165, 1.54) is 26.3 Å². The number of aromatic nitrogens is 1. The lowest BCUT2D eigenvalue weighted by atomic mass is 10.1. The van der Waals surface area contributed by atoms with E-state index in [9.17, 15) is 14.9 Å². The molecule has 1 heterocycles. The Morgan fingerprint density at radius 3 is 2.88 bits per heavy atom. The van der Waals surface area contributed by atoms with Crippen molar-refractivity contribution in [1.82, 2.24) is 4.98 Å². The maximum Gasteiger partial charge on any atom is 0.340 e. The number of hydrogen-bond donors (Lipinski definition) is 0. The monoisotopic (exact) mass is 222 g/mol. The molecule has 0 fully saturated rings. The van der Waals surface area contributed by atoms with E-state index in [1.54, 1.807) is 6.07 Å². The van der Waals surface area contributed by atoms with Crippen LogP contribution in [0.5, 0.6) is 0 Å². The summed E-state index contributed by atoms with van der Waals surface area (Å²) in [6.07, 6.45) is 2.26. The van der Waals surface area contributed by atoms with Gasteiger partial charge in [-0.25, -0.2) is 4.79 Å². The molecule has 6 heteroatoms. The number of nitro groups is 1. The predicted molar refractivity (Wildman–Crippen MR) is 56.2 cm³/mol. The van der Waals surface area contributed by atoms with Gasteiger partial charge in [0.25, 0.3) is 0 Å². The highest BCUT2D eigenvalue weighted by molar-refractivity contribution is 5.94. The molecule has 84 valence electrons. The van der Waals surface area contributed by atoms with Gasteiger partial charge in [-0.1, -0.05) is 0 Å². The van der Waals surface area contributed by atoms with Crippen molar-refractivity contribution in [3.63, 3.8) is 0 Å². The van der Waals surface area contributed by atoms with Gasteiger partial charge in [0.15, 0.2) is 0 Å². The van der Waals surface area contributed by atoms with E-state index >= 15 is 0 Å². The summed E-state index contributed by atoms with van der Waals surface area (Å²) in [5, 5.41) is 10.3. The van der Waals surface area contributed by atoms with Crippen molar-refractivity contribution < 1.29 is 14.5 Å². The summed E-state index contributed by atoms with van der Waals surface area (Å²) in [7, 11) is 1.24. The highest BCUT2D eigenvalue weighted by Gasteiger charge is 2.15. The first-order chi connectivity index (χ1) is 7.56. The van der Waals surface area contributed by atoms with Gasteiger partial charge in [-0.15, -0.1) is 0 Å². The molecular weight excluding hydrogens is 212 g/mol. The van der Waals surface area contributed by atoms with Crippen molar-refractivity contribution in [2.75, 3.05) is 7.11 Å². The molecule has 0 atom stereocenters. The lowest BCUT2D eigenvalue weighted by Crippen LogP contribution is -2.06. The number of hydrogen-bond acceptors (Lipinski definition) is 5. The Balaban J connectivity index is 3.23. The smallest absolute Gasteiger partial charge is 0.340 e. The summed E-state index contributed by atoms with van der Waals surface area (Å²) in [6, 6.07) is 3.07. The lowest BCUT2D eigenvalue weighted by molar-refractivity contribution is -0.401. The third-order valence-electron chi connectivity index (χ3n) is 1.89. The van der Waals surface area contributed by atoms with Crippen LogP contribution in [0.2, 0.25) is 0 Å². The van der Waals surface area contributed by atoms with Gasteiger partial charge in [0, 0.05) is 11.8 Å². The average Bonchev–Trinajstić information content (AvgIpc) is 2.27. The van der Waals surface area contributed by atoms with Crippen molar-refractivity contribution in [2.24, 2.45) is 0 Å². The molecule has 1 rings (SSSR count). The molecule has 0 radical (unpaired) electrons. The number of nitrogens with zero attached hydrogens (tertiary/aromatic N) is 2. The van der Waals surface area contributed by atoms with E-state index in [2.05, 4.69) is 9.72 Å². The van der Waals surface area contributed by atoms with Crippen molar-refractivity contribution in [3.05, 3.63) is 45.9 Å². The Labute approximate surface area is 91.7 Å². The maximum absolute atomic E-state index is 11.4. The summed E-state index contributed by atoms with van der Waals surface area (Å²) in [5.74, 6) is -0.570. The quantitative estimate of drug-likeness (QED) is 0.439. The molecule has 0 amide bonds. The summed E-state index contributed by atoms with van der Waals surface area (Å²) < 4.78 is 4.56. The second-order valence-corrected chi connectivity index (χ2v) is 2.99. The summed E-state index contributed by atoms with van der Waals surface area (Å²) in [6.45, 7) is 1.51. The van der Waals surface area contributed by atoms with Crippen LogP contribution in [-0.2, 0) is 4.74 Å². The fourth-order valence-electron chi connectivity index (χ4n) is 1.21. The zero-order valence-electron chi connectivity index (χ0n) is 8.84. The molecule has 0 aliphatic heterocycles. The minimum atomic E-state index is -0.592. The molecule has 1 aromatic rings. The molecule has 0 bridgehead atoms. The zero-order chi connectivity index (χ0) is 12.1. The van der Waals surface area contributed by atoms with E-state index in [0.29, 0.717) is 5.57 Å². The van der Waals surface area contributed by atoms with Crippen LogP contribution in [0.4, 0.5) is 0 Å². The Bertz CT molecular complexity index is 454. The first-order valence-corrected chi connectivity index (χ1v) is 4.42. The molecule has 1 aromatic heterocycles. The molecule has 0 aliphatic rings. The third kappa shape index (κ3) is 2.63. The number of ether oxygens (including phenoxy) is 1. The van der Waals surface area contributed by atoms with Crippen LogP contribution < -0.4 is 0 Å². The van der Waals surface area contributed by atoms with Gasteiger partial charge >= 0.3 is 5.97 Å². The summed E-state index contributed by atoms with van der Waals surface area (Å²) in [4.78, 5) is 25.0. The number of rotatable bonds is 3. The Kier molecular flexibility index (Phi) is 3.71. The highest BCUT2D eigenvalue weighted by atomic mass is 16.6. The van der Waals surface area contributed by atoms with Gasteiger partial charge in [-0.2, -0.15) is 0 Å². The number of methoxy groups -OCH3 is 1. The molecule has 0 N–H and O–H groups in total. The molecule has 0 aromatic carbocycles. The minimum absolute atomic E-state index is 0.209. The summed E-state index contributed by atoms with van der Waals surface area (Å²) >= 11 is 0.